The molecule has 0 saturated heterocycles. The van der Waals surface area contributed by atoms with Gasteiger partial charge in [0.25, 0.3) is 0 Å². The molecular formula is C10H20ClNO2S. The average Bonchev–Trinajstić information content (AvgIpc) is 2.96. The van der Waals surface area contributed by atoms with Crippen molar-refractivity contribution >= 4 is 21.6 Å². The van der Waals surface area contributed by atoms with Crippen LogP contribution in [0.3, 0.4) is 0 Å². The zero-order valence-corrected chi connectivity index (χ0v) is 10.6. The molecule has 1 N–H and O–H groups in total. The normalized spacial score (nSPS) is 16.9. The summed E-state index contributed by atoms with van der Waals surface area (Å²) in [7, 11) is -3.04. The van der Waals surface area contributed by atoms with E-state index in [4.69, 9.17) is 11.6 Å². The number of rotatable bonds is 9. The average molecular weight is 254 g/mol. The lowest BCUT2D eigenvalue weighted by Gasteiger charge is -2.05. The maximum Gasteiger partial charge on any atom is 0.211 e. The highest BCUT2D eigenvalue weighted by Crippen LogP contribution is 2.33. The monoisotopic (exact) mass is 253 g/mol. The molecule has 0 aliphatic heterocycles. The maximum atomic E-state index is 11.4. The molecule has 0 radical (unpaired) electrons. The van der Waals surface area contributed by atoms with Crippen LogP contribution >= 0.6 is 11.6 Å². The minimum atomic E-state index is -3.04. The number of sulfonamides is 1. The van der Waals surface area contributed by atoms with E-state index in [0.29, 0.717) is 18.8 Å². The molecule has 0 amide bonds. The predicted molar refractivity (Wildman–Crippen MR) is 63.7 cm³/mol. The highest BCUT2D eigenvalue weighted by molar-refractivity contribution is 7.89. The van der Waals surface area contributed by atoms with Gasteiger partial charge in [-0.3, -0.25) is 0 Å². The molecule has 15 heavy (non-hydrogen) atoms. The quantitative estimate of drug-likeness (QED) is 0.505. The Bertz CT molecular complexity index is 263. The smallest absolute Gasteiger partial charge is 0.211 e. The number of halogens is 1. The van der Waals surface area contributed by atoms with Crippen molar-refractivity contribution < 1.29 is 8.42 Å². The first kappa shape index (κ1) is 13.3. The Morgan fingerprint density at radius 1 is 1.20 bits per heavy atom. The SMILES string of the molecule is O=S(=O)(CCCCCl)NCCCC1CC1. The Hall–Kier alpha value is 0.200. The van der Waals surface area contributed by atoms with Gasteiger partial charge in [0.05, 0.1) is 5.75 Å². The van der Waals surface area contributed by atoms with Crippen molar-refractivity contribution in [2.45, 2.75) is 38.5 Å². The summed E-state index contributed by atoms with van der Waals surface area (Å²) in [6, 6.07) is 0. The van der Waals surface area contributed by atoms with Crippen LogP contribution in [0.25, 0.3) is 0 Å². The van der Waals surface area contributed by atoms with E-state index < -0.39 is 10.0 Å². The van der Waals surface area contributed by atoms with Gasteiger partial charge >= 0.3 is 0 Å². The lowest BCUT2D eigenvalue weighted by atomic mass is 10.2. The van der Waals surface area contributed by atoms with E-state index in [2.05, 4.69) is 4.72 Å². The number of hydrogen-bond acceptors (Lipinski definition) is 2. The minimum Gasteiger partial charge on any atom is -0.215 e. The Labute approximate surface area is 97.6 Å². The lowest BCUT2D eigenvalue weighted by molar-refractivity contribution is 0.569. The molecule has 1 aliphatic rings. The van der Waals surface area contributed by atoms with Crippen molar-refractivity contribution in [3.05, 3.63) is 0 Å². The van der Waals surface area contributed by atoms with Crippen molar-refractivity contribution in [2.24, 2.45) is 5.92 Å². The molecule has 90 valence electrons. The highest BCUT2D eigenvalue weighted by atomic mass is 35.5. The summed E-state index contributed by atoms with van der Waals surface area (Å²) < 4.78 is 25.5. The van der Waals surface area contributed by atoms with Gasteiger partial charge in [-0.1, -0.05) is 12.8 Å². The van der Waals surface area contributed by atoms with Crippen LogP contribution in [0.15, 0.2) is 0 Å². The van der Waals surface area contributed by atoms with Crippen LogP contribution < -0.4 is 4.72 Å². The van der Waals surface area contributed by atoms with Crippen LogP contribution in [0.5, 0.6) is 0 Å². The third-order valence-electron chi connectivity index (χ3n) is 2.60. The molecule has 5 heteroatoms. The van der Waals surface area contributed by atoms with Gasteiger partial charge in [0.15, 0.2) is 0 Å². The second kappa shape index (κ2) is 6.71. The van der Waals surface area contributed by atoms with Crippen molar-refractivity contribution in [2.75, 3.05) is 18.2 Å². The first-order valence-corrected chi connectivity index (χ1v) is 7.86. The molecule has 0 aromatic carbocycles. The molecule has 1 aliphatic carbocycles. The first-order valence-electron chi connectivity index (χ1n) is 5.67. The Kier molecular flexibility index (Phi) is 5.94. The number of alkyl halides is 1. The lowest BCUT2D eigenvalue weighted by Crippen LogP contribution is -2.27. The fourth-order valence-corrected chi connectivity index (χ4v) is 2.86. The van der Waals surface area contributed by atoms with Gasteiger partial charge in [-0.05, 0) is 31.6 Å². The van der Waals surface area contributed by atoms with Gasteiger partial charge in [-0.15, -0.1) is 11.6 Å². The third-order valence-corrected chi connectivity index (χ3v) is 4.34. The van der Waals surface area contributed by atoms with Crippen molar-refractivity contribution in [1.82, 2.24) is 4.72 Å². The third kappa shape index (κ3) is 7.14. The van der Waals surface area contributed by atoms with Crippen molar-refractivity contribution in [3.63, 3.8) is 0 Å². The van der Waals surface area contributed by atoms with Crippen LogP contribution in [0.4, 0.5) is 0 Å². The van der Waals surface area contributed by atoms with E-state index in [1.807, 2.05) is 0 Å². The number of nitrogens with one attached hydrogen (secondary N) is 1. The van der Waals surface area contributed by atoms with Gasteiger partial charge in [0.1, 0.15) is 0 Å². The molecule has 0 spiro atoms. The van der Waals surface area contributed by atoms with E-state index in [1.165, 1.54) is 19.3 Å². The van der Waals surface area contributed by atoms with Gasteiger partial charge < -0.3 is 0 Å². The minimum absolute atomic E-state index is 0.211. The summed E-state index contributed by atoms with van der Waals surface area (Å²) in [5, 5.41) is 0. The molecule has 1 fully saturated rings. The van der Waals surface area contributed by atoms with Crippen LogP contribution in [-0.4, -0.2) is 26.6 Å². The molecular weight excluding hydrogens is 234 g/mol. The van der Waals surface area contributed by atoms with Crippen LogP contribution in [0.2, 0.25) is 0 Å². The van der Waals surface area contributed by atoms with E-state index in [1.54, 1.807) is 0 Å². The summed E-state index contributed by atoms with van der Waals surface area (Å²) in [6.07, 6.45) is 6.24. The summed E-state index contributed by atoms with van der Waals surface area (Å²) >= 11 is 5.48. The molecule has 0 aromatic heterocycles. The second-order valence-corrected chi connectivity index (χ2v) is 6.50. The summed E-state index contributed by atoms with van der Waals surface area (Å²) in [4.78, 5) is 0. The summed E-state index contributed by atoms with van der Waals surface area (Å²) in [5.74, 6) is 1.63. The summed E-state index contributed by atoms with van der Waals surface area (Å²) in [5.41, 5.74) is 0. The first-order chi connectivity index (χ1) is 7.14. The van der Waals surface area contributed by atoms with Crippen LogP contribution in [0, 0.1) is 5.92 Å². The molecule has 0 unspecified atom stereocenters. The number of unbranched alkanes of at least 4 members (excludes halogenated alkanes) is 1. The fraction of sp³-hybridized carbons (Fsp3) is 1.00. The topological polar surface area (TPSA) is 46.2 Å². The van der Waals surface area contributed by atoms with Gasteiger partial charge in [-0.2, -0.15) is 0 Å². The zero-order chi connectivity index (χ0) is 11.1. The van der Waals surface area contributed by atoms with Crippen LogP contribution in [0.1, 0.15) is 38.5 Å². The van der Waals surface area contributed by atoms with Crippen molar-refractivity contribution in [3.8, 4) is 0 Å². The predicted octanol–water partition coefficient (Wildman–Crippen LogP) is 2.12. The molecule has 3 nitrogen and oxygen atoms in total. The van der Waals surface area contributed by atoms with E-state index in [9.17, 15) is 8.42 Å². The molecule has 0 aromatic rings. The zero-order valence-electron chi connectivity index (χ0n) is 9.04. The fourth-order valence-electron chi connectivity index (χ4n) is 1.48. The largest absolute Gasteiger partial charge is 0.215 e. The highest BCUT2D eigenvalue weighted by Gasteiger charge is 2.20. The molecule has 0 bridgehead atoms. The maximum absolute atomic E-state index is 11.4. The second-order valence-electron chi connectivity index (χ2n) is 4.19. The standard InChI is InChI=1S/C10H20ClNO2S/c11-7-1-2-9-15(13,14)12-8-3-4-10-5-6-10/h10,12H,1-9H2. The molecule has 1 rings (SSSR count). The Morgan fingerprint density at radius 2 is 1.93 bits per heavy atom. The van der Waals surface area contributed by atoms with Gasteiger partial charge in [0, 0.05) is 12.4 Å². The van der Waals surface area contributed by atoms with Gasteiger partial charge in [0.2, 0.25) is 10.0 Å². The van der Waals surface area contributed by atoms with Gasteiger partial charge in [-0.25, -0.2) is 13.1 Å². The molecule has 0 atom stereocenters. The van der Waals surface area contributed by atoms with Crippen molar-refractivity contribution in [1.29, 1.82) is 0 Å². The molecule has 0 heterocycles. The van der Waals surface area contributed by atoms with E-state index >= 15 is 0 Å². The number of hydrogen-bond donors (Lipinski definition) is 1. The Balaban J connectivity index is 2.00. The molecule has 1 saturated carbocycles. The Morgan fingerprint density at radius 3 is 2.53 bits per heavy atom. The summed E-state index contributed by atoms with van der Waals surface area (Å²) in [6.45, 7) is 0.597. The van der Waals surface area contributed by atoms with Crippen LogP contribution in [-0.2, 0) is 10.0 Å². The van der Waals surface area contributed by atoms with E-state index in [0.717, 1.165) is 18.8 Å². The van der Waals surface area contributed by atoms with E-state index in [-0.39, 0.29) is 5.75 Å².